The summed E-state index contributed by atoms with van der Waals surface area (Å²) in [6, 6.07) is 6.30. The molecule has 1 saturated heterocycles. The molecule has 1 heterocycles. The SMILES string of the molecule is CCC(=O)N1CC(C(=O)NCCCOC)C(c2cccc(F)c2)C1. The van der Waals surface area contributed by atoms with Crippen LogP contribution in [0.15, 0.2) is 24.3 Å². The van der Waals surface area contributed by atoms with Crippen LogP contribution < -0.4 is 5.32 Å². The molecule has 1 fully saturated rings. The van der Waals surface area contributed by atoms with Crippen LogP contribution in [0.25, 0.3) is 0 Å². The molecule has 0 radical (unpaired) electrons. The minimum absolute atomic E-state index is 0.0195. The van der Waals surface area contributed by atoms with E-state index in [1.807, 2.05) is 6.07 Å². The average Bonchev–Trinajstić information content (AvgIpc) is 3.03. The van der Waals surface area contributed by atoms with Crippen molar-refractivity contribution in [2.75, 3.05) is 33.4 Å². The summed E-state index contributed by atoms with van der Waals surface area (Å²) in [5.74, 6) is -0.937. The van der Waals surface area contributed by atoms with Gasteiger partial charge in [0.1, 0.15) is 5.82 Å². The Labute approximate surface area is 142 Å². The van der Waals surface area contributed by atoms with Crippen molar-refractivity contribution in [3.63, 3.8) is 0 Å². The molecule has 132 valence electrons. The van der Waals surface area contributed by atoms with Crippen LogP contribution in [0.4, 0.5) is 4.39 Å². The molecule has 6 heteroatoms. The summed E-state index contributed by atoms with van der Waals surface area (Å²) in [5, 5.41) is 2.90. The number of amides is 2. The van der Waals surface area contributed by atoms with Crippen molar-refractivity contribution in [3.8, 4) is 0 Å². The molecular formula is C18H25FN2O3. The zero-order valence-corrected chi connectivity index (χ0v) is 14.3. The van der Waals surface area contributed by atoms with Gasteiger partial charge in [0.2, 0.25) is 11.8 Å². The summed E-state index contributed by atoms with van der Waals surface area (Å²) in [7, 11) is 1.62. The second-order valence-corrected chi connectivity index (χ2v) is 6.06. The standard InChI is InChI=1S/C18H25FN2O3/c1-3-17(22)21-11-15(13-6-4-7-14(19)10-13)16(12-21)18(23)20-8-5-9-24-2/h4,6-7,10,15-16H,3,5,8-9,11-12H2,1-2H3,(H,20,23). The molecule has 2 atom stereocenters. The number of ether oxygens (including phenoxy) is 1. The third kappa shape index (κ3) is 4.54. The monoisotopic (exact) mass is 336 g/mol. The van der Waals surface area contributed by atoms with Gasteiger partial charge in [0.25, 0.3) is 0 Å². The Morgan fingerprint density at radius 2 is 2.17 bits per heavy atom. The summed E-state index contributed by atoms with van der Waals surface area (Å²) < 4.78 is 18.5. The van der Waals surface area contributed by atoms with E-state index in [0.29, 0.717) is 32.7 Å². The van der Waals surface area contributed by atoms with Crippen molar-refractivity contribution >= 4 is 11.8 Å². The Balaban J connectivity index is 2.11. The molecule has 1 aromatic carbocycles. The molecule has 2 amide bonds. The van der Waals surface area contributed by atoms with E-state index in [-0.39, 0.29) is 29.5 Å². The van der Waals surface area contributed by atoms with Gasteiger partial charge in [-0.2, -0.15) is 0 Å². The summed E-state index contributed by atoms with van der Waals surface area (Å²) in [6.07, 6.45) is 1.13. The summed E-state index contributed by atoms with van der Waals surface area (Å²) in [5.41, 5.74) is 0.762. The van der Waals surface area contributed by atoms with Gasteiger partial charge >= 0.3 is 0 Å². The second kappa shape index (κ2) is 8.78. The van der Waals surface area contributed by atoms with Crippen LogP contribution in [0.3, 0.4) is 0 Å². The molecule has 0 aliphatic carbocycles. The predicted octanol–water partition coefficient (Wildman–Crippen LogP) is 1.93. The van der Waals surface area contributed by atoms with Crippen molar-refractivity contribution in [2.24, 2.45) is 5.92 Å². The molecule has 0 saturated carbocycles. The summed E-state index contributed by atoms with van der Waals surface area (Å²) >= 11 is 0. The molecule has 1 N–H and O–H groups in total. The number of hydrogen-bond donors (Lipinski definition) is 1. The maximum atomic E-state index is 13.6. The first-order valence-corrected chi connectivity index (χ1v) is 8.36. The molecule has 2 rings (SSSR count). The first kappa shape index (κ1) is 18.4. The Bertz CT molecular complexity index is 579. The van der Waals surface area contributed by atoms with Gasteiger partial charge in [-0.25, -0.2) is 4.39 Å². The van der Waals surface area contributed by atoms with Gasteiger partial charge in [0, 0.05) is 45.7 Å². The fourth-order valence-electron chi connectivity index (χ4n) is 3.13. The zero-order chi connectivity index (χ0) is 17.5. The van der Waals surface area contributed by atoms with Crippen molar-refractivity contribution in [1.82, 2.24) is 10.2 Å². The quantitative estimate of drug-likeness (QED) is 0.774. The minimum atomic E-state index is -0.357. The van der Waals surface area contributed by atoms with Gasteiger partial charge in [-0.1, -0.05) is 19.1 Å². The van der Waals surface area contributed by atoms with Gasteiger partial charge < -0.3 is 15.0 Å². The lowest BCUT2D eigenvalue weighted by Gasteiger charge is -2.18. The number of likely N-dealkylation sites (tertiary alicyclic amines) is 1. The Morgan fingerprint density at radius 3 is 2.83 bits per heavy atom. The Morgan fingerprint density at radius 1 is 1.38 bits per heavy atom. The third-order valence-corrected chi connectivity index (χ3v) is 4.41. The highest BCUT2D eigenvalue weighted by molar-refractivity contribution is 5.83. The second-order valence-electron chi connectivity index (χ2n) is 6.06. The fraction of sp³-hybridized carbons (Fsp3) is 0.556. The van der Waals surface area contributed by atoms with Crippen molar-refractivity contribution in [2.45, 2.75) is 25.7 Å². The van der Waals surface area contributed by atoms with Gasteiger partial charge in [0.05, 0.1) is 5.92 Å². The Hall–Kier alpha value is -1.95. The number of hydrogen-bond acceptors (Lipinski definition) is 3. The molecule has 1 aliphatic rings. The molecule has 0 aromatic heterocycles. The van der Waals surface area contributed by atoms with Crippen LogP contribution in [0.5, 0.6) is 0 Å². The van der Waals surface area contributed by atoms with Crippen molar-refractivity contribution < 1.29 is 18.7 Å². The number of benzene rings is 1. The van der Waals surface area contributed by atoms with E-state index in [1.54, 1.807) is 25.0 Å². The number of methoxy groups -OCH3 is 1. The zero-order valence-electron chi connectivity index (χ0n) is 14.3. The molecule has 0 bridgehead atoms. The largest absolute Gasteiger partial charge is 0.385 e. The van der Waals surface area contributed by atoms with Gasteiger partial charge in [-0.15, -0.1) is 0 Å². The number of carbonyl (C=O) groups excluding carboxylic acids is 2. The van der Waals surface area contributed by atoms with Crippen LogP contribution in [-0.4, -0.2) is 50.1 Å². The lowest BCUT2D eigenvalue weighted by molar-refractivity contribution is -0.130. The molecule has 1 aromatic rings. The topological polar surface area (TPSA) is 58.6 Å². The normalized spacial score (nSPS) is 20.2. The molecule has 1 aliphatic heterocycles. The van der Waals surface area contributed by atoms with E-state index in [9.17, 15) is 14.0 Å². The Kier molecular flexibility index (Phi) is 6.73. The molecule has 5 nitrogen and oxygen atoms in total. The number of carbonyl (C=O) groups is 2. The number of nitrogens with one attached hydrogen (secondary N) is 1. The minimum Gasteiger partial charge on any atom is -0.385 e. The van der Waals surface area contributed by atoms with Crippen LogP contribution in [0, 0.1) is 11.7 Å². The van der Waals surface area contributed by atoms with E-state index < -0.39 is 0 Å². The van der Waals surface area contributed by atoms with E-state index in [4.69, 9.17) is 4.74 Å². The summed E-state index contributed by atoms with van der Waals surface area (Å²) in [6.45, 7) is 3.74. The molecule has 24 heavy (non-hydrogen) atoms. The van der Waals surface area contributed by atoms with E-state index in [1.165, 1.54) is 12.1 Å². The van der Waals surface area contributed by atoms with Crippen molar-refractivity contribution in [3.05, 3.63) is 35.6 Å². The number of rotatable bonds is 7. The van der Waals surface area contributed by atoms with Crippen LogP contribution in [-0.2, 0) is 14.3 Å². The lowest BCUT2D eigenvalue weighted by Crippen LogP contribution is -2.36. The van der Waals surface area contributed by atoms with Gasteiger partial charge in [-0.3, -0.25) is 9.59 Å². The van der Waals surface area contributed by atoms with Crippen LogP contribution in [0.2, 0.25) is 0 Å². The first-order valence-electron chi connectivity index (χ1n) is 8.36. The van der Waals surface area contributed by atoms with Crippen LogP contribution >= 0.6 is 0 Å². The van der Waals surface area contributed by atoms with Gasteiger partial charge in [0.15, 0.2) is 0 Å². The molecule has 2 unspecified atom stereocenters. The number of nitrogens with zero attached hydrogens (tertiary/aromatic N) is 1. The van der Waals surface area contributed by atoms with Crippen molar-refractivity contribution in [1.29, 1.82) is 0 Å². The lowest BCUT2D eigenvalue weighted by atomic mass is 9.88. The maximum Gasteiger partial charge on any atom is 0.225 e. The van der Waals surface area contributed by atoms with Crippen LogP contribution in [0.1, 0.15) is 31.2 Å². The number of halogens is 1. The van der Waals surface area contributed by atoms with Gasteiger partial charge in [-0.05, 0) is 24.1 Å². The molecule has 0 spiro atoms. The highest BCUT2D eigenvalue weighted by Gasteiger charge is 2.39. The smallest absolute Gasteiger partial charge is 0.225 e. The maximum absolute atomic E-state index is 13.6. The van der Waals surface area contributed by atoms with E-state index in [2.05, 4.69) is 5.32 Å². The third-order valence-electron chi connectivity index (χ3n) is 4.41. The van der Waals surface area contributed by atoms with E-state index >= 15 is 0 Å². The first-order chi connectivity index (χ1) is 11.6. The fourth-order valence-corrected chi connectivity index (χ4v) is 3.13. The highest BCUT2D eigenvalue weighted by Crippen LogP contribution is 2.33. The summed E-state index contributed by atoms with van der Waals surface area (Å²) in [4.78, 5) is 26.3. The van der Waals surface area contributed by atoms with E-state index in [0.717, 1.165) is 12.0 Å². The average molecular weight is 336 g/mol. The highest BCUT2D eigenvalue weighted by atomic mass is 19.1. The molecular weight excluding hydrogens is 311 g/mol. The predicted molar refractivity (Wildman–Crippen MR) is 89.0 cm³/mol.